The molecule has 0 aromatic rings. The van der Waals surface area contributed by atoms with E-state index in [4.69, 9.17) is 9.47 Å². The van der Waals surface area contributed by atoms with Gasteiger partial charge in [0.2, 0.25) is 0 Å². The van der Waals surface area contributed by atoms with Gasteiger partial charge in [-0.3, -0.25) is 9.59 Å². The highest BCUT2D eigenvalue weighted by molar-refractivity contribution is 5.80. The second kappa shape index (κ2) is 9.58. The van der Waals surface area contributed by atoms with E-state index in [1.807, 2.05) is 0 Å². The number of carbonyl (C=O) groups is 2. The van der Waals surface area contributed by atoms with Crippen LogP contribution in [0, 0.1) is 52.3 Å². The molecule has 0 unspecified atom stereocenters. The van der Waals surface area contributed by atoms with Crippen LogP contribution >= 0.6 is 0 Å². The van der Waals surface area contributed by atoms with E-state index in [9.17, 15) is 14.7 Å². The van der Waals surface area contributed by atoms with Crippen molar-refractivity contribution in [3.63, 3.8) is 0 Å². The maximum atomic E-state index is 12.7. The Labute approximate surface area is 218 Å². The first-order chi connectivity index (χ1) is 17.0. The molecule has 5 fully saturated rings. The Bertz CT molecular complexity index is 834. The van der Waals surface area contributed by atoms with Crippen molar-refractivity contribution >= 4 is 11.9 Å². The fourth-order valence-corrected chi connectivity index (χ4v) is 10.4. The molecule has 5 heteroatoms. The summed E-state index contributed by atoms with van der Waals surface area (Å²) < 4.78 is 12.2. The van der Waals surface area contributed by atoms with E-state index in [1.54, 1.807) is 0 Å². The highest BCUT2D eigenvalue weighted by atomic mass is 16.7. The zero-order valence-corrected chi connectivity index (χ0v) is 23.4. The van der Waals surface area contributed by atoms with Crippen LogP contribution in [-0.4, -0.2) is 28.9 Å². The van der Waals surface area contributed by atoms with Gasteiger partial charge in [-0.2, -0.15) is 0 Å². The second-order valence-electron chi connectivity index (χ2n) is 14.3. The molecule has 1 spiro atoms. The lowest BCUT2D eigenvalue weighted by molar-refractivity contribution is -0.331. The van der Waals surface area contributed by atoms with Gasteiger partial charge >= 0.3 is 11.9 Å². The SMILES string of the molecule is CC(C)CCC[C@@H](C)[C@H]1CC[C@H]2[C@H]3CC[C@@H]4C[C@H](O)CC5(OC(=O)CCC(=O)O5)[C@]4(C)[C@H]3CC[C@]12C. The average Bonchev–Trinajstić information content (AvgIpc) is 3.08. The number of ether oxygens (including phenoxy) is 2. The molecule has 1 saturated heterocycles. The first-order valence-corrected chi connectivity index (χ1v) is 15.1. The number of hydrogen-bond donors (Lipinski definition) is 1. The normalized spacial score (nSPS) is 44.8. The molecule has 204 valence electrons. The molecule has 9 atom stereocenters. The number of carbonyl (C=O) groups excluding carboxylic acids is 2. The van der Waals surface area contributed by atoms with Crippen molar-refractivity contribution in [1.29, 1.82) is 0 Å². The van der Waals surface area contributed by atoms with E-state index in [2.05, 4.69) is 34.6 Å². The predicted molar refractivity (Wildman–Crippen MR) is 139 cm³/mol. The Morgan fingerprint density at radius 1 is 0.917 bits per heavy atom. The maximum Gasteiger partial charge on any atom is 0.309 e. The fourth-order valence-electron chi connectivity index (χ4n) is 10.4. The quantitative estimate of drug-likeness (QED) is 0.426. The number of aliphatic hydroxyl groups is 1. The Hall–Kier alpha value is -1.10. The number of hydrogen-bond acceptors (Lipinski definition) is 5. The molecule has 4 saturated carbocycles. The van der Waals surface area contributed by atoms with E-state index in [1.165, 1.54) is 44.9 Å². The molecular weight excluding hydrogens is 452 g/mol. The van der Waals surface area contributed by atoms with Crippen LogP contribution < -0.4 is 0 Å². The van der Waals surface area contributed by atoms with Crippen molar-refractivity contribution < 1.29 is 24.2 Å². The third kappa shape index (κ3) is 4.14. The van der Waals surface area contributed by atoms with Crippen molar-refractivity contribution in [2.24, 2.45) is 52.3 Å². The molecule has 1 N–H and O–H groups in total. The fraction of sp³-hybridized carbons (Fsp3) is 0.935. The molecule has 36 heavy (non-hydrogen) atoms. The summed E-state index contributed by atoms with van der Waals surface area (Å²) >= 11 is 0. The minimum Gasteiger partial charge on any atom is -0.422 e. The van der Waals surface area contributed by atoms with Crippen LogP contribution in [0.15, 0.2) is 0 Å². The lowest BCUT2D eigenvalue weighted by atomic mass is 9.42. The maximum absolute atomic E-state index is 12.7. The lowest BCUT2D eigenvalue weighted by Gasteiger charge is -2.65. The Morgan fingerprint density at radius 2 is 1.61 bits per heavy atom. The highest BCUT2D eigenvalue weighted by Crippen LogP contribution is 2.70. The Kier molecular flexibility index (Phi) is 7.05. The van der Waals surface area contributed by atoms with E-state index in [-0.39, 0.29) is 37.1 Å². The zero-order valence-electron chi connectivity index (χ0n) is 23.4. The highest BCUT2D eigenvalue weighted by Gasteiger charge is 2.70. The molecule has 0 bridgehead atoms. The second-order valence-corrected chi connectivity index (χ2v) is 14.3. The third-order valence-corrected chi connectivity index (χ3v) is 12.1. The largest absolute Gasteiger partial charge is 0.422 e. The average molecular weight is 503 g/mol. The summed E-state index contributed by atoms with van der Waals surface area (Å²) in [4.78, 5) is 25.5. The van der Waals surface area contributed by atoms with Gasteiger partial charge in [0.25, 0.3) is 5.79 Å². The molecule has 0 amide bonds. The van der Waals surface area contributed by atoms with Gasteiger partial charge in [-0.1, -0.05) is 53.9 Å². The molecular formula is C31H50O5. The number of esters is 2. The summed E-state index contributed by atoms with van der Waals surface area (Å²) in [5.41, 5.74) is -0.0626. The molecule has 1 aliphatic heterocycles. The summed E-state index contributed by atoms with van der Waals surface area (Å²) in [6.07, 6.45) is 11.6. The summed E-state index contributed by atoms with van der Waals surface area (Å²) in [6, 6.07) is 0. The molecule has 0 aromatic heterocycles. The predicted octanol–water partition coefficient (Wildman–Crippen LogP) is 6.66. The molecule has 5 rings (SSSR count). The molecule has 0 aromatic carbocycles. The minimum absolute atomic E-state index is 0.0720. The third-order valence-electron chi connectivity index (χ3n) is 12.1. The van der Waals surface area contributed by atoms with Crippen molar-refractivity contribution in [2.45, 2.75) is 130 Å². The van der Waals surface area contributed by atoms with Gasteiger partial charge in [-0.05, 0) is 91.8 Å². The van der Waals surface area contributed by atoms with Crippen LogP contribution in [0.4, 0.5) is 0 Å². The molecule has 5 nitrogen and oxygen atoms in total. The first kappa shape index (κ1) is 26.5. The van der Waals surface area contributed by atoms with E-state index < -0.39 is 17.3 Å². The minimum atomic E-state index is -1.32. The molecule has 4 aliphatic carbocycles. The number of fused-ring (bicyclic) bond motifs is 6. The Balaban J connectivity index is 1.42. The van der Waals surface area contributed by atoms with Crippen LogP contribution in [0.5, 0.6) is 0 Å². The van der Waals surface area contributed by atoms with Crippen LogP contribution in [-0.2, 0) is 19.1 Å². The summed E-state index contributed by atoms with van der Waals surface area (Å²) in [7, 11) is 0. The van der Waals surface area contributed by atoms with Gasteiger partial charge in [0, 0.05) is 0 Å². The topological polar surface area (TPSA) is 72.8 Å². The molecule has 1 heterocycles. The monoisotopic (exact) mass is 502 g/mol. The molecule has 0 radical (unpaired) electrons. The number of rotatable bonds is 5. The van der Waals surface area contributed by atoms with Crippen LogP contribution in [0.3, 0.4) is 0 Å². The van der Waals surface area contributed by atoms with Crippen LogP contribution in [0.1, 0.15) is 118 Å². The van der Waals surface area contributed by atoms with E-state index in [0.717, 1.165) is 30.6 Å². The summed E-state index contributed by atoms with van der Waals surface area (Å²) in [5.74, 6) is 2.14. The Morgan fingerprint density at radius 3 is 2.28 bits per heavy atom. The number of aliphatic hydroxyl groups excluding tert-OH is 1. The van der Waals surface area contributed by atoms with E-state index >= 15 is 0 Å². The van der Waals surface area contributed by atoms with Gasteiger partial charge in [-0.25, -0.2) is 0 Å². The van der Waals surface area contributed by atoms with E-state index in [0.29, 0.717) is 29.6 Å². The van der Waals surface area contributed by atoms with Crippen molar-refractivity contribution in [2.75, 3.05) is 0 Å². The lowest BCUT2D eigenvalue weighted by Crippen LogP contribution is -2.67. The van der Waals surface area contributed by atoms with Gasteiger partial charge in [0.15, 0.2) is 0 Å². The summed E-state index contributed by atoms with van der Waals surface area (Å²) in [6.45, 7) is 12.0. The van der Waals surface area contributed by atoms with Gasteiger partial charge in [-0.15, -0.1) is 0 Å². The van der Waals surface area contributed by atoms with Crippen molar-refractivity contribution in [3.05, 3.63) is 0 Å². The van der Waals surface area contributed by atoms with Crippen LogP contribution in [0.2, 0.25) is 0 Å². The van der Waals surface area contributed by atoms with Gasteiger partial charge in [0.1, 0.15) is 0 Å². The molecule has 5 aliphatic rings. The smallest absolute Gasteiger partial charge is 0.309 e. The standard InChI is InChI=1S/C31H50O5/c1-19(2)7-6-8-20(3)24-11-12-25-23-10-9-21-17-22(32)18-31(35-27(33)13-14-28(34)36-31)30(21,5)26(23)15-16-29(24,25)4/h19-26,32H,6-18H2,1-5H3/t20-,21-,22+,23-,24-,25+,26+,29-,30+/m1/s1. The summed E-state index contributed by atoms with van der Waals surface area (Å²) in [5, 5.41) is 10.8. The van der Waals surface area contributed by atoms with Crippen molar-refractivity contribution in [3.8, 4) is 0 Å². The van der Waals surface area contributed by atoms with Gasteiger partial charge < -0.3 is 14.6 Å². The van der Waals surface area contributed by atoms with Gasteiger partial charge in [0.05, 0.1) is 30.8 Å². The zero-order chi connectivity index (χ0) is 25.9. The first-order valence-electron chi connectivity index (χ1n) is 15.1. The van der Waals surface area contributed by atoms with Crippen LogP contribution in [0.25, 0.3) is 0 Å². The van der Waals surface area contributed by atoms with Crippen molar-refractivity contribution in [1.82, 2.24) is 0 Å².